The highest BCUT2D eigenvalue weighted by molar-refractivity contribution is 5.86. The maximum atomic E-state index is 13.0. The Balaban J connectivity index is 1.15. The van der Waals surface area contributed by atoms with Crippen molar-refractivity contribution < 1.29 is 9.59 Å². The van der Waals surface area contributed by atoms with E-state index in [0.29, 0.717) is 24.3 Å². The maximum absolute atomic E-state index is 13.0. The van der Waals surface area contributed by atoms with Gasteiger partial charge in [0.1, 0.15) is 0 Å². The lowest BCUT2D eigenvalue weighted by Gasteiger charge is -2.45. The summed E-state index contributed by atoms with van der Waals surface area (Å²) in [7, 11) is 0. The highest BCUT2D eigenvalue weighted by Gasteiger charge is 2.91. The molecule has 6 fully saturated rings. The van der Waals surface area contributed by atoms with Gasteiger partial charge in [0.2, 0.25) is 11.8 Å². The van der Waals surface area contributed by atoms with E-state index in [4.69, 9.17) is 0 Å². The van der Waals surface area contributed by atoms with Crippen molar-refractivity contribution in [3.8, 4) is 0 Å². The molecule has 2 bridgehead atoms. The van der Waals surface area contributed by atoms with Gasteiger partial charge in [-0.2, -0.15) is 0 Å². The quantitative estimate of drug-likeness (QED) is 0.911. The first-order valence-electron chi connectivity index (χ1n) is 10.2. The number of fused-ring (bicyclic) bond motifs is 1. The molecule has 3 aliphatic heterocycles. The summed E-state index contributed by atoms with van der Waals surface area (Å²) in [4.78, 5) is 26.7. The maximum Gasteiger partial charge on any atom is 0.226 e. The molecule has 4 heteroatoms. The number of hydrogen-bond donors (Lipinski definition) is 1. The lowest BCUT2D eigenvalue weighted by molar-refractivity contribution is -0.141. The number of rotatable bonds is 3. The van der Waals surface area contributed by atoms with E-state index in [2.05, 4.69) is 48.3 Å². The first-order chi connectivity index (χ1) is 12.5. The summed E-state index contributed by atoms with van der Waals surface area (Å²) in [5.74, 6) is 2.65. The van der Waals surface area contributed by atoms with Crippen LogP contribution in [-0.2, 0) is 15.0 Å². The Morgan fingerprint density at radius 2 is 1.88 bits per heavy atom. The molecule has 7 rings (SSSR count). The normalized spacial score (nSPS) is 44.1. The van der Waals surface area contributed by atoms with Crippen molar-refractivity contribution in [1.29, 1.82) is 0 Å². The highest BCUT2D eigenvalue weighted by Crippen LogP contribution is 2.84. The van der Waals surface area contributed by atoms with Gasteiger partial charge in [-0.25, -0.2) is 0 Å². The van der Waals surface area contributed by atoms with Crippen LogP contribution < -0.4 is 5.32 Å². The molecule has 1 N–H and O–H groups in total. The summed E-state index contributed by atoms with van der Waals surface area (Å²) < 4.78 is 0. The smallest absolute Gasteiger partial charge is 0.226 e. The molecule has 3 heterocycles. The SMILES string of the molecule is CC(C)c1ccc(C23CN(C(=O)[C@H]4C[C@]5(CCC(=O)N5)C4)C4C2C43)cc1. The fourth-order valence-corrected chi connectivity index (χ4v) is 6.52. The molecule has 2 unspecified atom stereocenters. The molecule has 1 spiro atoms. The average Bonchev–Trinajstić information content (AvgIpc) is 3.31. The topological polar surface area (TPSA) is 49.4 Å². The molecule has 26 heavy (non-hydrogen) atoms. The van der Waals surface area contributed by atoms with Gasteiger partial charge in [0, 0.05) is 35.9 Å². The zero-order valence-electron chi connectivity index (χ0n) is 15.5. The third-order valence-corrected chi connectivity index (χ3v) is 8.11. The van der Waals surface area contributed by atoms with Crippen LogP contribution in [0.1, 0.15) is 56.6 Å². The molecular formula is C22H26N2O2. The van der Waals surface area contributed by atoms with Gasteiger partial charge in [0.05, 0.1) is 0 Å². The van der Waals surface area contributed by atoms with Gasteiger partial charge >= 0.3 is 0 Å². The lowest BCUT2D eigenvalue weighted by atomic mass is 9.67. The van der Waals surface area contributed by atoms with Gasteiger partial charge in [0.25, 0.3) is 0 Å². The van der Waals surface area contributed by atoms with E-state index in [1.54, 1.807) is 0 Å². The summed E-state index contributed by atoms with van der Waals surface area (Å²) in [6, 6.07) is 9.66. The van der Waals surface area contributed by atoms with Crippen LogP contribution in [0.3, 0.4) is 0 Å². The Hall–Kier alpha value is -1.84. The molecule has 1 aromatic carbocycles. The second-order valence-electron chi connectivity index (χ2n) is 9.76. The van der Waals surface area contributed by atoms with E-state index < -0.39 is 0 Å². The fourth-order valence-electron chi connectivity index (χ4n) is 6.52. The Morgan fingerprint density at radius 1 is 1.19 bits per heavy atom. The third-order valence-electron chi connectivity index (χ3n) is 8.11. The summed E-state index contributed by atoms with van der Waals surface area (Å²) in [6.07, 6.45) is 3.25. The number of nitrogens with zero attached hydrogens (tertiary/aromatic N) is 1. The predicted molar refractivity (Wildman–Crippen MR) is 97.5 cm³/mol. The second kappa shape index (κ2) is 4.52. The van der Waals surface area contributed by atoms with Crippen molar-refractivity contribution in [2.45, 2.75) is 62.4 Å². The van der Waals surface area contributed by atoms with Gasteiger partial charge in [-0.1, -0.05) is 38.1 Å². The van der Waals surface area contributed by atoms with Crippen molar-refractivity contribution in [1.82, 2.24) is 10.2 Å². The van der Waals surface area contributed by atoms with E-state index in [1.807, 2.05) is 0 Å². The first kappa shape index (κ1) is 15.2. The molecule has 6 aliphatic rings. The summed E-state index contributed by atoms with van der Waals surface area (Å²) in [5, 5.41) is 3.11. The van der Waals surface area contributed by atoms with Crippen molar-refractivity contribution in [3.63, 3.8) is 0 Å². The summed E-state index contributed by atoms with van der Waals surface area (Å²) in [5.41, 5.74) is 3.06. The fraction of sp³-hybridized carbons (Fsp3) is 0.636. The first-order valence-corrected chi connectivity index (χ1v) is 10.2. The molecule has 4 nitrogen and oxygen atoms in total. The van der Waals surface area contributed by atoms with Gasteiger partial charge in [-0.15, -0.1) is 0 Å². The second-order valence-corrected chi connectivity index (χ2v) is 9.76. The minimum absolute atomic E-state index is 0.0443. The highest BCUT2D eigenvalue weighted by atomic mass is 16.2. The zero-order chi connectivity index (χ0) is 17.8. The molecule has 0 aromatic heterocycles. The molecule has 136 valence electrons. The Morgan fingerprint density at radius 3 is 2.46 bits per heavy atom. The Labute approximate surface area is 154 Å². The standard InChI is InChI=1S/C22H26N2O2/c1-12(2)13-3-5-15(6-4-13)22-11-24(19-17(22)18(19)22)20(26)14-9-21(10-14)8-7-16(25)23-21/h3-6,12,14,17-19H,7-11H2,1-2H3,(H,23,25)/t14-,17?,18?,19?,21+,22?. The van der Waals surface area contributed by atoms with E-state index in [1.165, 1.54) is 11.1 Å². The monoisotopic (exact) mass is 350 g/mol. The zero-order valence-corrected chi connectivity index (χ0v) is 15.5. The molecular weight excluding hydrogens is 324 g/mol. The molecule has 0 radical (unpaired) electrons. The van der Waals surface area contributed by atoms with Crippen LogP contribution in [0.5, 0.6) is 0 Å². The Bertz CT molecular complexity index is 811. The average molecular weight is 350 g/mol. The van der Waals surface area contributed by atoms with Crippen LogP contribution in [-0.4, -0.2) is 34.8 Å². The van der Waals surface area contributed by atoms with Crippen LogP contribution in [0.25, 0.3) is 0 Å². The lowest BCUT2D eigenvalue weighted by Crippen LogP contribution is -2.56. The van der Waals surface area contributed by atoms with Crippen molar-refractivity contribution in [2.75, 3.05) is 6.54 Å². The van der Waals surface area contributed by atoms with Gasteiger partial charge in [-0.05, 0) is 48.1 Å². The van der Waals surface area contributed by atoms with Gasteiger partial charge in [0.15, 0.2) is 0 Å². The molecule has 3 saturated carbocycles. The summed E-state index contributed by atoms with van der Waals surface area (Å²) >= 11 is 0. The minimum atomic E-state index is -0.0443. The predicted octanol–water partition coefficient (Wildman–Crippen LogP) is 2.58. The van der Waals surface area contributed by atoms with E-state index in [0.717, 1.165) is 37.6 Å². The minimum Gasteiger partial charge on any atom is -0.351 e. The third kappa shape index (κ3) is 1.71. The van der Waals surface area contributed by atoms with Crippen LogP contribution in [0.2, 0.25) is 0 Å². The number of benzene rings is 1. The largest absolute Gasteiger partial charge is 0.351 e. The number of nitrogens with one attached hydrogen (secondary N) is 1. The van der Waals surface area contributed by atoms with Crippen LogP contribution in [0, 0.1) is 17.8 Å². The number of carbonyl (C=O) groups excluding carboxylic acids is 2. The summed E-state index contributed by atoms with van der Waals surface area (Å²) in [6.45, 7) is 5.38. The Kier molecular flexibility index (Phi) is 2.65. The molecule has 2 amide bonds. The number of carbonyl (C=O) groups is 2. The molecule has 3 aliphatic carbocycles. The van der Waals surface area contributed by atoms with E-state index in [-0.39, 0.29) is 22.8 Å². The van der Waals surface area contributed by atoms with Crippen molar-refractivity contribution in [3.05, 3.63) is 35.4 Å². The number of piperidine rings is 1. The van der Waals surface area contributed by atoms with Crippen LogP contribution >= 0.6 is 0 Å². The van der Waals surface area contributed by atoms with Gasteiger partial charge < -0.3 is 10.2 Å². The van der Waals surface area contributed by atoms with E-state index >= 15 is 0 Å². The van der Waals surface area contributed by atoms with Crippen molar-refractivity contribution >= 4 is 11.8 Å². The van der Waals surface area contributed by atoms with E-state index in [9.17, 15) is 9.59 Å². The van der Waals surface area contributed by atoms with Crippen molar-refractivity contribution in [2.24, 2.45) is 17.8 Å². The van der Waals surface area contributed by atoms with Crippen LogP contribution in [0.15, 0.2) is 24.3 Å². The molecule has 2 atom stereocenters. The van der Waals surface area contributed by atoms with Gasteiger partial charge in [-0.3, -0.25) is 9.59 Å². The molecule has 3 saturated heterocycles. The number of hydrogen-bond acceptors (Lipinski definition) is 2. The molecule has 1 aromatic rings. The van der Waals surface area contributed by atoms with Crippen LogP contribution in [0.4, 0.5) is 0 Å². The number of amides is 2.